The first-order valence-corrected chi connectivity index (χ1v) is 4.21. The molecule has 2 fully saturated rings. The van der Waals surface area contributed by atoms with Gasteiger partial charge in [0.2, 0.25) is 0 Å². The second-order valence-corrected chi connectivity index (χ2v) is 3.39. The number of rotatable bonds is 0. The Labute approximate surface area is 65.9 Å². The number of ether oxygens (including phenoxy) is 1. The lowest BCUT2D eigenvalue weighted by Gasteiger charge is -2.27. The van der Waals surface area contributed by atoms with Crippen LogP contribution in [-0.4, -0.2) is 17.8 Å². The van der Waals surface area contributed by atoms with E-state index in [-0.39, 0.29) is 0 Å². The molecule has 2 unspecified atom stereocenters. The van der Waals surface area contributed by atoms with E-state index in [1.807, 2.05) is 0 Å². The number of hydrogen-bond acceptors (Lipinski definition) is 2. The third-order valence-corrected chi connectivity index (χ3v) is 2.60. The first-order valence-electron chi connectivity index (χ1n) is 3.81. The summed E-state index contributed by atoms with van der Waals surface area (Å²) in [7, 11) is 0. The SMILES string of the molecule is S=C1NCC2CCCC2O1. The molecule has 1 aliphatic heterocycles. The summed E-state index contributed by atoms with van der Waals surface area (Å²) < 4.78 is 5.43. The van der Waals surface area contributed by atoms with Crippen LogP contribution in [0.2, 0.25) is 0 Å². The van der Waals surface area contributed by atoms with Crippen molar-refractivity contribution >= 4 is 17.4 Å². The summed E-state index contributed by atoms with van der Waals surface area (Å²) in [5.74, 6) is 0.728. The molecule has 1 N–H and O–H groups in total. The maximum absolute atomic E-state index is 5.43. The topological polar surface area (TPSA) is 21.3 Å². The molecule has 0 bridgehead atoms. The Bertz CT molecular complexity index is 160. The van der Waals surface area contributed by atoms with Crippen LogP contribution in [0, 0.1) is 5.92 Å². The van der Waals surface area contributed by atoms with Gasteiger partial charge in [-0.1, -0.05) is 0 Å². The van der Waals surface area contributed by atoms with Gasteiger partial charge in [-0.05, 0) is 31.5 Å². The summed E-state index contributed by atoms with van der Waals surface area (Å²) in [4.78, 5) is 0. The Balaban J connectivity index is 2.03. The molecule has 0 spiro atoms. The van der Waals surface area contributed by atoms with Crippen molar-refractivity contribution in [2.24, 2.45) is 5.92 Å². The van der Waals surface area contributed by atoms with Crippen LogP contribution in [0.15, 0.2) is 0 Å². The van der Waals surface area contributed by atoms with Crippen LogP contribution in [0.3, 0.4) is 0 Å². The zero-order valence-electron chi connectivity index (χ0n) is 5.80. The van der Waals surface area contributed by atoms with Crippen LogP contribution in [0.5, 0.6) is 0 Å². The van der Waals surface area contributed by atoms with Gasteiger partial charge < -0.3 is 10.1 Å². The van der Waals surface area contributed by atoms with Gasteiger partial charge in [-0.2, -0.15) is 0 Å². The molecule has 1 saturated heterocycles. The second kappa shape index (κ2) is 2.38. The Morgan fingerprint density at radius 2 is 2.40 bits per heavy atom. The number of fused-ring (bicyclic) bond motifs is 1. The summed E-state index contributed by atoms with van der Waals surface area (Å²) in [6, 6.07) is 0. The van der Waals surface area contributed by atoms with Crippen molar-refractivity contribution in [3.8, 4) is 0 Å². The number of hydrogen-bond donors (Lipinski definition) is 1. The third-order valence-electron chi connectivity index (χ3n) is 2.36. The van der Waals surface area contributed by atoms with Gasteiger partial charge in [0.15, 0.2) is 0 Å². The first kappa shape index (κ1) is 6.40. The highest BCUT2D eigenvalue weighted by Crippen LogP contribution is 2.29. The van der Waals surface area contributed by atoms with Crippen molar-refractivity contribution in [3.63, 3.8) is 0 Å². The molecule has 0 aromatic carbocycles. The summed E-state index contributed by atoms with van der Waals surface area (Å²) in [5.41, 5.74) is 0. The smallest absolute Gasteiger partial charge is 0.256 e. The molecule has 0 amide bonds. The third kappa shape index (κ3) is 0.985. The Morgan fingerprint density at radius 3 is 3.30 bits per heavy atom. The molecule has 2 rings (SSSR count). The van der Waals surface area contributed by atoms with Crippen LogP contribution < -0.4 is 5.32 Å². The second-order valence-electron chi connectivity index (χ2n) is 3.02. The molecule has 3 heteroatoms. The molecular weight excluding hydrogens is 146 g/mol. The van der Waals surface area contributed by atoms with Crippen molar-refractivity contribution in [3.05, 3.63) is 0 Å². The normalized spacial score (nSPS) is 38.2. The van der Waals surface area contributed by atoms with Crippen LogP contribution in [0.25, 0.3) is 0 Å². The number of thiocarbonyl (C=S) groups is 1. The molecule has 2 aliphatic rings. The van der Waals surface area contributed by atoms with E-state index in [0.717, 1.165) is 12.5 Å². The molecular formula is C7H11NOS. The molecule has 1 aliphatic carbocycles. The molecule has 10 heavy (non-hydrogen) atoms. The zero-order valence-corrected chi connectivity index (χ0v) is 6.62. The van der Waals surface area contributed by atoms with E-state index in [0.29, 0.717) is 11.3 Å². The largest absolute Gasteiger partial charge is 0.467 e. The van der Waals surface area contributed by atoms with E-state index < -0.39 is 0 Å². The van der Waals surface area contributed by atoms with E-state index in [4.69, 9.17) is 17.0 Å². The number of nitrogens with one attached hydrogen (secondary N) is 1. The molecule has 1 heterocycles. The Morgan fingerprint density at radius 1 is 1.50 bits per heavy atom. The van der Waals surface area contributed by atoms with Gasteiger partial charge in [0.05, 0.1) is 0 Å². The average molecular weight is 157 g/mol. The van der Waals surface area contributed by atoms with E-state index in [1.54, 1.807) is 0 Å². The molecule has 0 radical (unpaired) electrons. The molecule has 2 atom stereocenters. The Kier molecular flexibility index (Phi) is 1.52. The highest BCUT2D eigenvalue weighted by molar-refractivity contribution is 7.80. The fraction of sp³-hybridized carbons (Fsp3) is 0.857. The van der Waals surface area contributed by atoms with Gasteiger partial charge in [0.25, 0.3) is 5.17 Å². The lowest BCUT2D eigenvalue weighted by molar-refractivity contribution is 0.120. The van der Waals surface area contributed by atoms with Gasteiger partial charge in [0, 0.05) is 12.5 Å². The summed E-state index contributed by atoms with van der Waals surface area (Å²) in [6.45, 7) is 1.03. The summed E-state index contributed by atoms with van der Waals surface area (Å²) in [5, 5.41) is 3.66. The van der Waals surface area contributed by atoms with Crippen LogP contribution in [0.4, 0.5) is 0 Å². The molecule has 0 aromatic rings. The van der Waals surface area contributed by atoms with Crippen LogP contribution in [-0.2, 0) is 4.74 Å². The van der Waals surface area contributed by atoms with Crippen molar-refractivity contribution in [1.82, 2.24) is 5.32 Å². The maximum atomic E-state index is 5.43. The minimum absolute atomic E-state index is 0.439. The summed E-state index contributed by atoms with van der Waals surface area (Å²) >= 11 is 4.90. The average Bonchev–Trinajstić information content (AvgIpc) is 2.33. The lowest BCUT2D eigenvalue weighted by Crippen LogP contribution is -2.42. The van der Waals surface area contributed by atoms with Gasteiger partial charge in [-0.15, -0.1) is 0 Å². The monoisotopic (exact) mass is 157 g/mol. The minimum atomic E-state index is 0.439. The van der Waals surface area contributed by atoms with E-state index in [2.05, 4.69) is 5.32 Å². The fourth-order valence-corrected chi connectivity index (χ4v) is 1.99. The van der Waals surface area contributed by atoms with Crippen molar-refractivity contribution in [2.75, 3.05) is 6.54 Å². The van der Waals surface area contributed by atoms with Crippen LogP contribution in [0.1, 0.15) is 19.3 Å². The minimum Gasteiger partial charge on any atom is -0.467 e. The van der Waals surface area contributed by atoms with Crippen molar-refractivity contribution < 1.29 is 4.74 Å². The molecule has 1 saturated carbocycles. The molecule has 2 nitrogen and oxygen atoms in total. The quantitative estimate of drug-likeness (QED) is 0.531. The van der Waals surface area contributed by atoms with Gasteiger partial charge >= 0.3 is 0 Å². The zero-order chi connectivity index (χ0) is 6.97. The van der Waals surface area contributed by atoms with Crippen molar-refractivity contribution in [2.45, 2.75) is 25.4 Å². The Hall–Kier alpha value is -0.310. The molecule has 0 aromatic heterocycles. The lowest BCUT2D eigenvalue weighted by atomic mass is 10.1. The standard InChI is InChI=1S/C7H11NOS/c10-7-8-4-5-2-1-3-6(5)9-7/h5-6H,1-4H2,(H,8,10). The highest BCUT2D eigenvalue weighted by Gasteiger charge is 2.32. The van der Waals surface area contributed by atoms with Gasteiger partial charge in [0.1, 0.15) is 6.10 Å². The predicted molar refractivity (Wildman–Crippen MR) is 42.8 cm³/mol. The van der Waals surface area contributed by atoms with Gasteiger partial charge in [-0.25, -0.2) is 0 Å². The van der Waals surface area contributed by atoms with Crippen LogP contribution >= 0.6 is 12.2 Å². The van der Waals surface area contributed by atoms with E-state index >= 15 is 0 Å². The van der Waals surface area contributed by atoms with E-state index in [1.165, 1.54) is 19.3 Å². The maximum Gasteiger partial charge on any atom is 0.256 e. The van der Waals surface area contributed by atoms with Gasteiger partial charge in [-0.3, -0.25) is 0 Å². The van der Waals surface area contributed by atoms with E-state index in [9.17, 15) is 0 Å². The highest BCUT2D eigenvalue weighted by atomic mass is 32.1. The first-order chi connectivity index (χ1) is 4.86. The fourth-order valence-electron chi connectivity index (χ4n) is 1.79. The summed E-state index contributed by atoms with van der Waals surface area (Å²) in [6.07, 6.45) is 4.25. The predicted octanol–water partition coefficient (Wildman–Crippen LogP) is 1.06. The van der Waals surface area contributed by atoms with Crippen molar-refractivity contribution in [1.29, 1.82) is 0 Å². The molecule has 56 valence electrons.